The van der Waals surface area contributed by atoms with E-state index in [9.17, 15) is 9.18 Å². The van der Waals surface area contributed by atoms with Gasteiger partial charge < -0.3 is 9.88 Å². The molecule has 1 amide bonds. The summed E-state index contributed by atoms with van der Waals surface area (Å²) in [5, 5.41) is 12.6. The smallest absolute Gasteiger partial charge is 0.230 e. The first-order valence-electron chi connectivity index (χ1n) is 9.23. The first-order valence-corrected chi connectivity index (χ1v) is 10.2. The predicted octanol–water partition coefficient (Wildman–Crippen LogP) is 3.44. The third kappa shape index (κ3) is 3.63. The Bertz CT molecular complexity index is 1000. The summed E-state index contributed by atoms with van der Waals surface area (Å²) in [6.07, 6.45) is 4.64. The van der Waals surface area contributed by atoms with Gasteiger partial charge in [0.25, 0.3) is 0 Å². The number of carbonyl (C=O) groups is 1. The average Bonchev–Trinajstić information content (AvgIpc) is 2.93. The minimum absolute atomic E-state index is 0.00144. The van der Waals surface area contributed by atoms with Crippen LogP contribution in [-0.2, 0) is 11.8 Å². The molecule has 2 unspecified atom stereocenters. The molecule has 2 aromatic heterocycles. The highest BCUT2D eigenvalue weighted by Crippen LogP contribution is 2.27. The normalized spacial score (nSPS) is 20.3. The van der Waals surface area contributed by atoms with Crippen molar-refractivity contribution in [3.05, 3.63) is 24.0 Å². The number of hydrogen-bond donors (Lipinski definition) is 1. The maximum atomic E-state index is 13.6. The molecule has 1 aliphatic carbocycles. The zero-order chi connectivity index (χ0) is 19.0. The summed E-state index contributed by atoms with van der Waals surface area (Å²) in [5.41, 5.74) is 2.05. The van der Waals surface area contributed by atoms with E-state index in [1.807, 2.05) is 11.6 Å². The highest BCUT2D eigenvalue weighted by Gasteiger charge is 2.23. The van der Waals surface area contributed by atoms with Gasteiger partial charge in [-0.1, -0.05) is 31.5 Å². The van der Waals surface area contributed by atoms with Crippen LogP contribution in [0.3, 0.4) is 0 Å². The van der Waals surface area contributed by atoms with Crippen LogP contribution < -0.4 is 5.32 Å². The Balaban J connectivity index is 1.48. The lowest BCUT2D eigenvalue weighted by molar-refractivity contribution is -0.119. The van der Waals surface area contributed by atoms with Crippen molar-refractivity contribution in [2.45, 2.75) is 43.8 Å². The second-order valence-corrected chi connectivity index (χ2v) is 8.15. The molecule has 4 rings (SSSR count). The van der Waals surface area contributed by atoms with Crippen LogP contribution in [0.2, 0.25) is 0 Å². The number of aromatic nitrogens is 4. The van der Waals surface area contributed by atoms with Crippen LogP contribution in [-0.4, -0.2) is 37.5 Å². The predicted molar refractivity (Wildman–Crippen MR) is 104 cm³/mol. The van der Waals surface area contributed by atoms with Crippen LogP contribution in [0.25, 0.3) is 22.1 Å². The van der Waals surface area contributed by atoms with E-state index in [0.717, 1.165) is 11.9 Å². The van der Waals surface area contributed by atoms with E-state index in [1.54, 1.807) is 6.07 Å². The number of carbonyl (C=O) groups excluding carboxylic acids is 1. The van der Waals surface area contributed by atoms with Crippen LogP contribution in [0, 0.1) is 11.7 Å². The molecule has 2 heterocycles. The Hall–Kier alpha value is -2.22. The fraction of sp³-hybridized carbons (Fsp3) is 0.474. The van der Waals surface area contributed by atoms with Crippen molar-refractivity contribution in [3.63, 3.8) is 0 Å². The summed E-state index contributed by atoms with van der Waals surface area (Å²) < 4.78 is 15.4. The summed E-state index contributed by atoms with van der Waals surface area (Å²) in [6.45, 7) is 2.20. The van der Waals surface area contributed by atoms with Crippen LogP contribution in [0.5, 0.6) is 0 Å². The van der Waals surface area contributed by atoms with Crippen molar-refractivity contribution in [3.8, 4) is 0 Å². The summed E-state index contributed by atoms with van der Waals surface area (Å²) in [6, 6.07) is 4.83. The summed E-state index contributed by atoms with van der Waals surface area (Å²) in [7, 11) is 1.86. The number of halogens is 1. The van der Waals surface area contributed by atoms with Gasteiger partial charge in [-0.3, -0.25) is 4.79 Å². The number of benzene rings is 1. The van der Waals surface area contributed by atoms with Gasteiger partial charge in [-0.25, -0.2) is 9.37 Å². The minimum Gasteiger partial charge on any atom is -0.352 e. The van der Waals surface area contributed by atoms with E-state index in [-0.39, 0.29) is 23.5 Å². The van der Waals surface area contributed by atoms with Gasteiger partial charge in [0.2, 0.25) is 11.1 Å². The Morgan fingerprint density at radius 1 is 1.33 bits per heavy atom. The molecule has 0 spiro atoms. The zero-order valence-electron chi connectivity index (χ0n) is 15.4. The quantitative estimate of drug-likeness (QED) is 0.694. The SMILES string of the molecule is CC1CCCCC1NC(=O)CSc1nnc2c3cc(F)ccc3n(C)c2n1. The van der Waals surface area contributed by atoms with Crippen molar-refractivity contribution in [1.82, 2.24) is 25.1 Å². The first kappa shape index (κ1) is 18.2. The van der Waals surface area contributed by atoms with E-state index in [1.165, 1.54) is 43.2 Å². The van der Waals surface area contributed by atoms with Gasteiger partial charge in [0, 0.05) is 18.5 Å². The molecule has 0 aliphatic heterocycles. The molecule has 1 aromatic carbocycles. The lowest BCUT2D eigenvalue weighted by Gasteiger charge is -2.29. The Kier molecular flexibility index (Phi) is 4.99. The molecule has 142 valence electrons. The van der Waals surface area contributed by atoms with Crippen LogP contribution >= 0.6 is 11.8 Å². The molecule has 1 aliphatic rings. The van der Waals surface area contributed by atoms with Gasteiger partial charge in [-0.05, 0) is 37.0 Å². The molecule has 27 heavy (non-hydrogen) atoms. The Morgan fingerprint density at radius 3 is 2.96 bits per heavy atom. The van der Waals surface area contributed by atoms with E-state index in [0.29, 0.717) is 27.6 Å². The average molecular weight is 387 g/mol. The number of nitrogens with one attached hydrogen (secondary N) is 1. The number of amides is 1. The molecule has 3 aromatic rings. The molecule has 1 saturated carbocycles. The van der Waals surface area contributed by atoms with Crippen LogP contribution in [0.15, 0.2) is 23.4 Å². The van der Waals surface area contributed by atoms with Gasteiger partial charge in [0.05, 0.1) is 11.3 Å². The molecule has 0 radical (unpaired) electrons. The number of thioether (sulfide) groups is 1. The Morgan fingerprint density at radius 2 is 2.15 bits per heavy atom. The molecule has 8 heteroatoms. The van der Waals surface area contributed by atoms with Crippen LogP contribution in [0.4, 0.5) is 4.39 Å². The zero-order valence-corrected chi connectivity index (χ0v) is 16.2. The Labute approximate surface area is 160 Å². The monoisotopic (exact) mass is 387 g/mol. The summed E-state index contributed by atoms with van der Waals surface area (Å²) >= 11 is 1.27. The van der Waals surface area contributed by atoms with Crippen molar-refractivity contribution in [2.24, 2.45) is 13.0 Å². The third-order valence-electron chi connectivity index (χ3n) is 5.33. The second kappa shape index (κ2) is 7.42. The van der Waals surface area contributed by atoms with Crippen LogP contribution in [0.1, 0.15) is 32.6 Å². The highest BCUT2D eigenvalue weighted by molar-refractivity contribution is 7.99. The maximum Gasteiger partial charge on any atom is 0.230 e. The van der Waals surface area contributed by atoms with Crippen molar-refractivity contribution in [1.29, 1.82) is 0 Å². The topological polar surface area (TPSA) is 72.7 Å². The largest absolute Gasteiger partial charge is 0.352 e. The highest BCUT2D eigenvalue weighted by atomic mass is 32.2. The number of aryl methyl sites for hydroxylation is 1. The molecule has 0 bridgehead atoms. The third-order valence-corrected chi connectivity index (χ3v) is 6.17. The molecular weight excluding hydrogens is 365 g/mol. The van der Waals surface area contributed by atoms with E-state index in [2.05, 4.69) is 27.4 Å². The van der Waals surface area contributed by atoms with Gasteiger partial charge >= 0.3 is 0 Å². The first-order chi connectivity index (χ1) is 13.0. The summed E-state index contributed by atoms with van der Waals surface area (Å²) in [4.78, 5) is 16.8. The number of fused-ring (bicyclic) bond motifs is 3. The fourth-order valence-electron chi connectivity index (χ4n) is 3.79. The van der Waals surface area contributed by atoms with Crippen molar-refractivity contribution < 1.29 is 9.18 Å². The molecule has 6 nitrogen and oxygen atoms in total. The maximum absolute atomic E-state index is 13.6. The van der Waals surface area contributed by atoms with E-state index in [4.69, 9.17) is 0 Å². The minimum atomic E-state index is -0.316. The second-order valence-electron chi connectivity index (χ2n) is 7.21. The van der Waals surface area contributed by atoms with Gasteiger partial charge in [0.15, 0.2) is 5.65 Å². The molecule has 1 N–H and O–H groups in total. The molecular formula is C19H22FN5OS. The standard InChI is InChI=1S/C19H22FN5OS/c1-11-5-3-4-6-14(11)21-16(26)10-27-19-22-18-17(23-24-19)13-9-12(20)7-8-15(13)25(18)2/h7-9,11,14H,3-6,10H2,1-2H3,(H,21,26). The van der Waals surface area contributed by atoms with Gasteiger partial charge in [-0.15, -0.1) is 10.2 Å². The molecule has 2 atom stereocenters. The van der Waals surface area contributed by atoms with E-state index < -0.39 is 0 Å². The van der Waals surface area contributed by atoms with Crippen molar-refractivity contribution >= 4 is 39.7 Å². The van der Waals surface area contributed by atoms with Crippen molar-refractivity contribution in [2.75, 3.05) is 5.75 Å². The number of rotatable bonds is 4. The van der Waals surface area contributed by atoms with Gasteiger partial charge in [0.1, 0.15) is 11.3 Å². The number of nitrogens with zero attached hydrogens (tertiary/aromatic N) is 4. The molecule has 1 fully saturated rings. The van der Waals surface area contributed by atoms with Gasteiger partial charge in [-0.2, -0.15) is 0 Å². The lowest BCUT2D eigenvalue weighted by atomic mass is 9.86. The molecule has 0 saturated heterocycles. The fourth-order valence-corrected chi connectivity index (χ4v) is 4.38. The number of hydrogen-bond acceptors (Lipinski definition) is 5. The summed E-state index contributed by atoms with van der Waals surface area (Å²) in [5.74, 6) is 0.471. The lowest BCUT2D eigenvalue weighted by Crippen LogP contribution is -2.41. The van der Waals surface area contributed by atoms with E-state index >= 15 is 0 Å².